The van der Waals surface area contributed by atoms with Crippen molar-refractivity contribution in [2.45, 2.75) is 53.5 Å². The van der Waals surface area contributed by atoms with E-state index >= 15 is 0 Å². The molecule has 4 heteroatoms. The highest BCUT2D eigenvalue weighted by Gasteiger charge is 2.26. The quantitative estimate of drug-likeness (QED) is 0.901. The molecule has 124 valence electrons. The molecule has 0 radical (unpaired) electrons. The first-order valence-corrected chi connectivity index (χ1v) is 8.43. The van der Waals surface area contributed by atoms with Crippen LogP contribution in [0.1, 0.15) is 55.2 Å². The summed E-state index contributed by atoms with van der Waals surface area (Å²) in [7, 11) is 0. The summed E-state index contributed by atoms with van der Waals surface area (Å²) in [5.74, 6) is -0.265. The summed E-state index contributed by atoms with van der Waals surface area (Å²) in [6.07, 6.45) is 2.94. The second-order valence-electron chi connectivity index (χ2n) is 7.36. The summed E-state index contributed by atoms with van der Waals surface area (Å²) in [5.41, 5.74) is 3.87. The predicted octanol–water partition coefficient (Wildman–Crippen LogP) is 4.20. The molecule has 0 bridgehead atoms. The van der Waals surface area contributed by atoms with Gasteiger partial charge in [0.1, 0.15) is 11.5 Å². The lowest BCUT2D eigenvalue weighted by Gasteiger charge is -2.23. The number of aryl methyl sites for hydroxylation is 2. The molecule has 2 heterocycles. The van der Waals surface area contributed by atoms with E-state index in [1.54, 1.807) is 12.1 Å². The Morgan fingerprint density at radius 2 is 2.09 bits per heavy atom. The zero-order chi connectivity index (χ0) is 16.8. The van der Waals surface area contributed by atoms with Gasteiger partial charge in [-0.15, -0.1) is 0 Å². The average Bonchev–Trinajstić information content (AvgIpc) is 2.79. The third kappa shape index (κ3) is 2.75. The third-order valence-corrected chi connectivity index (χ3v) is 5.32. The smallest absolute Gasteiger partial charge is 0.268 e. The maximum Gasteiger partial charge on any atom is 0.268 e. The van der Waals surface area contributed by atoms with E-state index in [1.807, 2.05) is 6.92 Å². The van der Waals surface area contributed by atoms with Gasteiger partial charge in [0.05, 0.1) is 5.52 Å². The maximum absolute atomic E-state index is 14.1. The molecule has 1 aliphatic heterocycles. The van der Waals surface area contributed by atoms with Gasteiger partial charge in [0.2, 0.25) is 0 Å². The Kier molecular flexibility index (Phi) is 3.95. The second kappa shape index (κ2) is 5.66. The molecule has 1 N–H and O–H groups in total. The predicted molar refractivity (Wildman–Crippen MR) is 91.4 cm³/mol. The standard InChI is InChI=1S/C19H25FN2O/c1-5-19(3,4)7-6-13-10-14(20)11-15-12(2)16-18(23)21-8-9-22(16)17(13)15/h10-11H,5-9H2,1-4H3,(H,21,23). The largest absolute Gasteiger partial charge is 0.349 e. The summed E-state index contributed by atoms with van der Waals surface area (Å²) in [4.78, 5) is 12.2. The zero-order valence-corrected chi connectivity index (χ0v) is 14.4. The lowest BCUT2D eigenvalue weighted by Crippen LogP contribution is -2.35. The lowest BCUT2D eigenvalue weighted by atomic mass is 9.83. The van der Waals surface area contributed by atoms with Crippen molar-refractivity contribution in [2.24, 2.45) is 5.41 Å². The highest BCUT2D eigenvalue weighted by molar-refractivity contribution is 6.03. The molecule has 1 aliphatic rings. The number of hydrogen-bond acceptors (Lipinski definition) is 1. The monoisotopic (exact) mass is 316 g/mol. The molecular weight excluding hydrogens is 291 g/mol. The number of nitrogens with one attached hydrogen (secondary N) is 1. The third-order valence-electron chi connectivity index (χ3n) is 5.32. The number of rotatable bonds is 4. The molecule has 0 unspecified atom stereocenters. The summed E-state index contributed by atoms with van der Waals surface area (Å²) in [6.45, 7) is 9.98. The number of carbonyl (C=O) groups is 1. The number of benzene rings is 1. The first-order valence-electron chi connectivity index (χ1n) is 8.43. The van der Waals surface area contributed by atoms with Gasteiger partial charge in [-0.2, -0.15) is 0 Å². The van der Waals surface area contributed by atoms with E-state index in [2.05, 4.69) is 30.7 Å². The minimum absolute atomic E-state index is 0.0507. The van der Waals surface area contributed by atoms with E-state index in [9.17, 15) is 9.18 Å². The molecule has 0 atom stereocenters. The molecule has 1 aromatic carbocycles. The van der Waals surface area contributed by atoms with Crippen LogP contribution in [0, 0.1) is 18.2 Å². The van der Waals surface area contributed by atoms with Gasteiger partial charge in [-0.25, -0.2) is 4.39 Å². The van der Waals surface area contributed by atoms with Crippen molar-refractivity contribution in [1.82, 2.24) is 9.88 Å². The molecule has 0 fully saturated rings. The highest BCUT2D eigenvalue weighted by atomic mass is 19.1. The number of hydrogen-bond donors (Lipinski definition) is 1. The van der Waals surface area contributed by atoms with Crippen LogP contribution in [-0.2, 0) is 13.0 Å². The number of nitrogens with zero attached hydrogens (tertiary/aromatic N) is 1. The molecule has 0 saturated heterocycles. The number of amides is 1. The van der Waals surface area contributed by atoms with Crippen molar-refractivity contribution in [2.75, 3.05) is 6.54 Å². The minimum atomic E-state index is -0.215. The van der Waals surface area contributed by atoms with Gasteiger partial charge in [0, 0.05) is 18.5 Å². The first-order chi connectivity index (χ1) is 10.8. The van der Waals surface area contributed by atoms with Crippen LogP contribution in [0.4, 0.5) is 4.39 Å². The van der Waals surface area contributed by atoms with Crippen molar-refractivity contribution in [3.05, 3.63) is 34.8 Å². The molecule has 1 amide bonds. The van der Waals surface area contributed by atoms with Gasteiger partial charge < -0.3 is 9.88 Å². The molecule has 3 nitrogen and oxygen atoms in total. The fourth-order valence-corrected chi connectivity index (χ4v) is 3.42. The topological polar surface area (TPSA) is 34.0 Å². The Labute approximate surface area is 136 Å². The number of carbonyl (C=O) groups excluding carboxylic acids is 1. The van der Waals surface area contributed by atoms with Crippen molar-refractivity contribution in [3.8, 4) is 0 Å². The van der Waals surface area contributed by atoms with E-state index in [-0.39, 0.29) is 17.1 Å². The molecule has 2 aromatic rings. The Morgan fingerprint density at radius 3 is 2.78 bits per heavy atom. The van der Waals surface area contributed by atoms with Crippen molar-refractivity contribution < 1.29 is 9.18 Å². The molecule has 1 aromatic heterocycles. The highest BCUT2D eigenvalue weighted by Crippen LogP contribution is 2.33. The fourth-order valence-electron chi connectivity index (χ4n) is 3.42. The van der Waals surface area contributed by atoms with Crippen molar-refractivity contribution >= 4 is 16.8 Å². The Balaban J connectivity index is 2.14. The van der Waals surface area contributed by atoms with Gasteiger partial charge in [0.25, 0.3) is 5.91 Å². The Bertz CT molecular complexity index is 774. The number of fused-ring (bicyclic) bond motifs is 3. The lowest BCUT2D eigenvalue weighted by molar-refractivity contribution is 0.0928. The van der Waals surface area contributed by atoms with Crippen LogP contribution < -0.4 is 5.32 Å². The minimum Gasteiger partial charge on any atom is -0.349 e. The molecule has 0 saturated carbocycles. The van der Waals surface area contributed by atoms with Crippen molar-refractivity contribution in [1.29, 1.82) is 0 Å². The Morgan fingerprint density at radius 1 is 1.35 bits per heavy atom. The van der Waals surface area contributed by atoms with Crippen LogP contribution in [-0.4, -0.2) is 17.0 Å². The van der Waals surface area contributed by atoms with Gasteiger partial charge in [0.15, 0.2) is 0 Å². The number of aromatic nitrogens is 1. The molecule has 23 heavy (non-hydrogen) atoms. The van der Waals surface area contributed by atoms with E-state index < -0.39 is 0 Å². The Hall–Kier alpha value is -1.84. The van der Waals surface area contributed by atoms with Gasteiger partial charge >= 0.3 is 0 Å². The van der Waals surface area contributed by atoms with Gasteiger partial charge in [-0.1, -0.05) is 27.2 Å². The summed E-state index contributed by atoms with van der Waals surface area (Å²) in [6, 6.07) is 3.21. The van der Waals surface area contributed by atoms with Gasteiger partial charge in [-0.3, -0.25) is 4.79 Å². The van der Waals surface area contributed by atoms with E-state index in [0.29, 0.717) is 12.2 Å². The SMILES string of the molecule is CCC(C)(C)CCc1cc(F)cc2c(C)c3n(c12)CCNC3=O. The first kappa shape index (κ1) is 16.0. The fraction of sp³-hybridized carbons (Fsp3) is 0.526. The van der Waals surface area contributed by atoms with Crippen LogP contribution in [0.3, 0.4) is 0 Å². The normalized spacial score (nSPS) is 14.9. The second-order valence-corrected chi connectivity index (χ2v) is 7.36. The summed E-state index contributed by atoms with van der Waals surface area (Å²) in [5, 5.41) is 3.76. The average molecular weight is 316 g/mol. The van der Waals surface area contributed by atoms with Crippen LogP contribution in [0.25, 0.3) is 10.9 Å². The number of halogens is 1. The molecule has 0 spiro atoms. The van der Waals surface area contributed by atoms with Crippen LogP contribution in [0.15, 0.2) is 12.1 Å². The van der Waals surface area contributed by atoms with Crippen LogP contribution in [0.5, 0.6) is 0 Å². The molecular formula is C19H25FN2O. The van der Waals surface area contributed by atoms with Crippen LogP contribution in [0.2, 0.25) is 0 Å². The summed E-state index contributed by atoms with van der Waals surface area (Å²) < 4.78 is 16.2. The van der Waals surface area contributed by atoms with E-state index in [0.717, 1.165) is 47.8 Å². The van der Waals surface area contributed by atoms with E-state index in [4.69, 9.17) is 0 Å². The van der Waals surface area contributed by atoms with E-state index in [1.165, 1.54) is 0 Å². The summed E-state index contributed by atoms with van der Waals surface area (Å²) >= 11 is 0. The van der Waals surface area contributed by atoms with Crippen LogP contribution >= 0.6 is 0 Å². The molecule has 3 rings (SSSR count). The van der Waals surface area contributed by atoms with Gasteiger partial charge in [-0.05, 0) is 48.4 Å². The van der Waals surface area contributed by atoms with Crippen molar-refractivity contribution in [3.63, 3.8) is 0 Å². The maximum atomic E-state index is 14.1. The zero-order valence-electron chi connectivity index (χ0n) is 14.4. The molecule has 0 aliphatic carbocycles.